The molecule has 0 aliphatic heterocycles. The molecule has 3 aromatic rings. The number of aromatic nitrogens is 3. The maximum absolute atomic E-state index is 4.55. The Bertz CT molecular complexity index is 783. The molecule has 0 saturated heterocycles. The van der Waals surface area contributed by atoms with Gasteiger partial charge in [-0.05, 0) is 38.6 Å². The van der Waals surface area contributed by atoms with Crippen LogP contribution in [0.15, 0.2) is 36.5 Å². The molecular formula is C17H20N4. The van der Waals surface area contributed by atoms with Crippen molar-refractivity contribution in [1.29, 1.82) is 0 Å². The third kappa shape index (κ3) is 2.21. The molecule has 108 valence electrons. The van der Waals surface area contributed by atoms with Gasteiger partial charge in [0.05, 0.1) is 17.3 Å². The molecule has 4 heteroatoms. The smallest absolute Gasteiger partial charge is 0.0705 e. The first-order valence-corrected chi connectivity index (χ1v) is 7.14. The van der Waals surface area contributed by atoms with Gasteiger partial charge in [-0.3, -0.25) is 9.67 Å². The van der Waals surface area contributed by atoms with Gasteiger partial charge < -0.3 is 5.32 Å². The summed E-state index contributed by atoms with van der Waals surface area (Å²) in [7, 11) is 3.98. The van der Waals surface area contributed by atoms with Crippen LogP contribution in [0, 0.1) is 13.8 Å². The van der Waals surface area contributed by atoms with Crippen molar-refractivity contribution in [3.8, 4) is 0 Å². The molecule has 21 heavy (non-hydrogen) atoms. The van der Waals surface area contributed by atoms with Crippen molar-refractivity contribution in [2.24, 2.45) is 7.05 Å². The van der Waals surface area contributed by atoms with Crippen LogP contribution in [0.2, 0.25) is 0 Å². The predicted octanol–water partition coefficient (Wildman–Crippen LogP) is 2.89. The number of aryl methyl sites for hydroxylation is 2. The summed E-state index contributed by atoms with van der Waals surface area (Å²) in [5, 5.41) is 9.17. The van der Waals surface area contributed by atoms with Gasteiger partial charge >= 0.3 is 0 Å². The molecule has 1 unspecified atom stereocenters. The SMILES string of the molecule is CNC(c1c(C)nn(C)c1C)c1cccc2ncccc12. The number of hydrogen-bond acceptors (Lipinski definition) is 3. The number of benzene rings is 1. The van der Waals surface area contributed by atoms with Gasteiger partial charge in [-0.1, -0.05) is 18.2 Å². The van der Waals surface area contributed by atoms with Crippen molar-refractivity contribution in [3.05, 3.63) is 59.0 Å². The Kier molecular flexibility index (Phi) is 3.47. The Labute approximate surface area is 124 Å². The third-order valence-electron chi connectivity index (χ3n) is 4.13. The van der Waals surface area contributed by atoms with Crippen LogP contribution in [-0.4, -0.2) is 21.8 Å². The maximum Gasteiger partial charge on any atom is 0.0705 e. The van der Waals surface area contributed by atoms with E-state index in [1.54, 1.807) is 0 Å². The molecule has 0 amide bonds. The summed E-state index contributed by atoms with van der Waals surface area (Å²) in [6, 6.07) is 10.5. The van der Waals surface area contributed by atoms with Gasteiger partial charge in [0.15, 0.2) is 0 Å². The maximum atomic E-state index is 4.55. The molecule has 0 spiro atoms. The number of nitrogens with one attached hydrogen (secondary N) is 1. The van der Waals surface area contributed by atoms with E-state index in [1.807, 2.05) is 31.0 Å². The van der Waals surface area contributed by atoms with Crippen molar-refractivity contribution in [1.82, 2.24) is 20.1 Å². The first kappa shape index (κ1) is 13.8. The zero-order valence-corrected chi connectivity index (χ0v) is 12.9. The normalized spacial score (nSPS) is 12.8. The molecule has 2 heterocycles. The summed E-state index contributed by atoms with van der Waals surface area (Å²) in [6.45, 7) is 4.18. The zero-order valence-electron chi connectivity index (χ0n) is 12.9. The molecule has 1 N–H and O–H groups in total. The molecule has 0 fully saturated rings. The summed E-state index contributed by atoms with van der Waals surface area (Å²) in [5.41, 5.74) is 5.76. The summed E-state index contributed by atoms with van der Waals surface area (Å²) in [4.78, 5) is 4.45. The average Bonchev–Trinajstić information content (AvgIpc) is 2.75. The van der Waals surface area contributed by atoms with Crippen LogP contribution in [0.25, 0.3) is 10.9 Å². The predicted molar refractivity (Wildman–Crippen MR) is 85.3 cm³/mol. The molecule has 0 aliphatic rings. The van der Waals surface area contributed by atoms with Crippen LogP contribution < -0.4 is 5.32 Å². The average molecular weight is 280 g/mol. The lowest BCUT2D eigenvalue weighted by Gasteiger charge is -2.19. The van der Waals surface area contributed by atoms with Gasteiger partial charge in [0.2, 0.25) is 0 Å². The lowest BCUT2D eigenvalue weighted by Crippen LogP contribution is -2.19. The van der Waals surface area contributed by atoms with Gasteiger partial charge in [0.25, 0.3) is 0 Å². The van der Waals surface area contributed by atoms with Crippen LogP contribution in [0.1, 0.15) is 28.6 Å². The van der Waals surface area contributed by atoms with E-state index >= 15 is 0 Å². The molecular weight excluding hydrogens is 260 g/mol. The minimum Gasteiger partial charge on any atom is -0.309 e. The highest BCUT2D eigenvalue weighted by Crippen LogP contribution is 2.31. The second-order valence-corrected chi connectivity index (χ2v) is 5.35. The molecule has 0 saturated carbocycles. The minimum atomic E-state index is 0.117. The van der Waals surface area contributed by atoms with Crippen molar-refractivity contribution in [2.45, 2.75) is 19.9 Å². The highest BCUT2D eigenvalue weighted by molar-refractivity contribution is 5.83. The second-order valence-electron chi connectivity index (χ2n) is 5.35. The van der Waals surface area contributed by atoms with Gasteiger partial charge in [-0.2, -0.15) is 5.10 Å². The van der Waals surface area contributed by atoms with E-state index < -0.39 is 0 Å². The molecule has 3 rings (SSSR count). The standard InChI is InChI=1S/C17H20N4/c1-11-16(12(2)21(4)20-11)17(18-3)14-7-5-9-15-13(14)8-6-10-19-15/h5-10,17-18H,1-4H3. The zero-order chi connectivity index (χ0) is 15.0. The summed E-state index contributed by atoms with van der Waals surface area (Å²) in [5.74, 6) is 0. The molecule has 0 radical (unpaired) electrons. The van der Waals surface area contributed by atoms with E-state index in [1.165, 1.54) is 22.2 Å². The quantitative estimate of drug-likeness (QED) is 0.802. The molecule has 1 aromatic carbocycles. The van der Waals surface area contributed by atoms with Crippen LogP contribution in [0.3, 0.4) is 0 Å². The van der Waals surface area contributed by atoms with Gasteiger partial charge in [-0.25, -0.2) is 0 Å². The first-order valence-electron chi connectivity index (χ1n) is 7.14. The molecule has 2 aromatic heterocycles. The van der Waals surface area contributed by atoms with Crippen LogP contribution in [-0.2, 0) is 7.05 Å². The second kappa shape index (κ2) is 5.30. The Morgan fingerprint density at radius 2 is 1.95 bits per heavy atom. The molecule has 0 aliphatic carbocycles. The Morgan fingerprint density at radius 1 is 1.14 bits per heavy atom. The van der Waals surface area contributed by atoms with E-state index in [0.29, 0.717) is 0 Å². The van der Waals surface area contributed by atoms with Crippen molar-refractivity contribution >= 4 is 10.9 Å². The van der Waals surface area contributed by atoms with Gasteiger partial charge in [0, 0.05) is 29.9 Å². The van der Waals surface area contributed by atoms with Crippen molar-refractivity contribution in [3.63, 3.8) is 0 Å². The van der Waals surface area contributed by atoms with E-state index in [4.69, 9.17) is 0 Å². The third-order valence-corrected chi connectivity index (χ3v) is 4.13. The van der Waals surface area contributed by atoms with E-state index in [9.17, 15) is 0 Å². The molecule has 4 nitrogen and oxygen atoms in total. The first-order chi connectivity index (χ1) is 10.1. The van der Waals surface area contributed by atoms with E-state index in [0.717, 1.165) is 11.2 Å². The van der Waals surface area contributed by atoms with Gasteiger partial charge in [0.1, 0.15) is 0 Å². The Morgan fingerprint density at radius 3 is 2.62 bits per heavy atom. The largest absolute Gasteiger partial charge is 0.309 e. The van der Waals surface area contributed by atoms with E-state index in [2.05, 4.69) is 53.5 Å². The lowest BCUT2D eigenvalue weighted by atomic mass is 9.94. The Balaban J connectivity index is 2.23. The van der Waals surface area contributed by atoms with Crippen LogP contribution in [0.4, 0.5) is 0 Å². The fourth-order valence-electron chi connectivity index (χ4n) is 3.04. The minimum absolute atomic E-state index is 0.117. The summed E-state index contributed by atoms with van der Waals surface area (Å²) in [6.07, 6.45) is 1.83. The fraction of sp³-hybridized carbons (Fsp3) is 0.294. The lowest BCUT2D eigenvalue weighted by molar-refractivity contribution is 0.682. The number of rotatable bonds is 3. The summed E-state index contributed by atoms with van der Waals surface area (Å²) < 4.78 is 1.94. The number of pyridine rings is 1. The topological polar surface area (TPSA) is 42.7 Å². The van der Waals surface area contributed by atoms with Crippen LogP contribution in [0.5, 0.6) is 0 Å². The number of nitrogens with zero attached hydrogens (tertiary/aromatic N) is 3. The number of hydrogen-bond donors (Lipinski definition) is 1. The van der Waals surface area contributed by atoms with Crippen molar-refractivity contribution in [2.75, 3.05) is 7.05 Å². The van der Waals surface area contributed by atoms with E-state index in [-0.39, 0.29) is 6.04 Å². The monoisotopic (exact) mass is 280 g/mol. The number of fused-ring (bicyclic) bond motifs is 1. The fourth-order valence-corrected chi connectivity index (χ4v) is 3.04. The van der Waals surface area contributed by atoms with Gasteiger partial charge in [-0.15, -0.1) is 0 Å². The highest BCUT2D eigenvalue weighted by atomic mass is 15.3. The Hall–Kier alpha value is -2.20. The molecule has 0 bridgehead atoms. The van der Waals surface area contributed by atoms with Crippen molar-refractivity contribution < 1.29 is 0 Å². The summed E-state index contributed by atoms with van der Waals surface area (Å²) >= 11 is 0. The molecule has 1 atom stereocenters. The van der Waals surface area contributed by atoms with Crippen LogP contribution >= 0.6 is 0 Å². The highest BCUT2D eigenvalue weighted by Gasteiger charge is 2.22.